The van der Waals surface area contributed by atoms with Gasteiger partial charge in [0.25, 0.3) is 0 Å². The Labute approximate surface area is 136 Å². The van der Waals surface area contributed by atoms with E-state index in [9.17, 15) is 0 Å². The topological polar surface area (TPSA) is 41.1 Å². The summed E-state index contributed by atoms with van der Waals surface area (Å²) >= 11 is 0. The second-order valence-electron chi connectivity index (χ2n) is 5.27. The van der Waals surface area contributed by atoms with Gasteiger partial charge in [0.05, 0.1) is 0 Å². The molecule has 1 heterocycles. The molecule has 0 amide bonds. The number of nitrogens with one attached hydrogen (secondary N) is 1. The van der Waals surface area contributed by atoms with Crippen LogP contribution in [0.25, 0.3) is 0 Å². The molecule has 3 rings (SSSR count). The number of aryl methyl sites for hydroxylation is 1. The van der Waals surface area contributed by atoms with Crippen LogP contribution in [0.1, 0.15) is 12.6 Å². The third kappa shape index (κ3) is 3.66. The van der Waals surface area contributed by atoms with Gasteiger partial charge in [-0.3, -0.25) is 0 Å². The molecule has 0 atom stereocenters. The van der Waals surface area contributed by atoms with Crippen molar-refractivity contribution in [2.24, 2.45) is 0 Å². The Morgan fingerprint density at radius 1 is 0.913 bits per heavy atom. The molecule has 2 aromatic carbocycles. The molecular weight excluding hydrogens is 284 g/mol. The fourth-order valence-corrected chi connectivity index (χ4v) is 2.45. The number of hydrogen-bond donors (Lipinski definition) is 1. The Morgan fingerprint density at radius 2 is 1.57 bits per heavy atom. The molecule has 0 spiro atoms. The van der Waals surface area contributed by atoms with Crippen LogP contribution in [-0.4, -0.2) is 16.5 Å². The van der Waals surface area contributed by atoms with E-state index >= 15 is 0 Å². The van der Waals surface area contributed by atoms with E-state index in [0.717, 1.165) is 29.4 Å². The van der Waals surface area contributed by atoms with Crippen LogP contribution in [0.4, 0.5) is 23.1 Å². The summed E-state index contributed by atoms with van der Waals surface area (Å²) in [6.45, 7) is 4.89. The van der Waals surface area contributed by atoms with Gasteiger partial charge in [-0.1, -0.05) is 36.4 Å². The smallest absolute Gasteiger partial charge is 0.232 e. The standard InChI is InChI=1S/C19H20N4/c1-3-23(17-12-8-5-9-13-17)19-20-15(2)14-18(22-19)21-16-10-6-4-7-11-16/h4-14H,3H2,1-2H3,(H,20,21,22). The fraction of sp³-hybridized carbons (Fsp3) is 0.158. The summed E-state index contributed by atoms with van der Waals surface area (Å²) in [6, 6.07) is 22.2. The molecule has 0 saturated heterocycles. The Bertz CT molecular complexity index is 757. The number of para-hydroxylation sites is 2. The highest BCUT2D eigenvalue weighted by Gasteiger charge is 2.12. The fourth-order valence-electron chi connectivity index (χ4n) is 2.45. The van der Waals surface area contributed by atoms with Crippen LogP contribution in [0.15, 0.2) is 66.7 Å². The van der Waals surface area contributed by atoms with Crippen molar-refractivity contribution in [2.75, 3.05) is 16.8 Å². The number of benzene rings is 2. The third-order valence-corrected chi connectivity index (χ3v) is 3.51. The van der Waals surface area contributed by atoms with Gasteiger partial charge in [-0.15, -0.1) is 0 Å². The van der Waals surface area contributed by atoms with E-state index < -0.39 is 0 Å². The van der Waals surface area contributed by atoms with E-state index in [4.69, 9.17) is 0 Å². The normalized spacial score (nSPS) is 10.3. The highest BCUT2D eigenvalue weighted by Crippen LogP contribution is 2.24. The van der Waals surface area contributed by atoms with Crippen molar-refractivity contribution in [1.29, 1.82) is 0 Å². The molecule has 0 fully saturated rings. The maximum atomic E-state index is 4.68. The van der Waals surface area contributed by atoms with Gasteiger partial charge >= 0.3 is 0 Å². The molecule has 0 aliphatic carbocycles. The first-order valence-electron chi connectivity index (χ1n) is 7.76. The van der Waals surface area contributed by atoms with Crippen molar-refractivity contribution in [3.63, 3.8) is 0 Å². The summed E-state index contributed by atoms with van der Waals surface area (Å²) in [5, 5.41) is 3.34. The van der Waals surface area contributed by atoms with Crippen molar-refractivity contribution in [3.05, 3.63) is 72.4 Å². The number of rotatable bonds is 5. The minimum atomic E-state index is 0.706. The molecule has 0 unspecified atom stereocenters. The highest BCUT2D eigenvalue weighted by molar-refractivity contribution is 5.61. The average Bonchev–Trinajstić information content (AvgIpc) is 2.57. The first kappa shape index (κ1) is 15.0. The van der Waals surface area contributed by atoms with Gasteiger partial charge in [0.2, 0.25) is 5.95 Å². The van der Waals surface area contributed by atoms with Crippen LogP contribution in [-0.2, 0) is 0 Å². The molecule has 1 N–H and O–H groups in total. The van der Waals surface area contributed by atoms with Crippen LogP contribution in [0.5, 0.6) is 0 Å². The number of aromatic nitrogens is 2. The van der Waals surface area contributed by atoms with E-state index in [1.165, 1.54) is 0 Å². The predicted octanol–water partition coefficient (Wildman–Crippen LogP) is 4.69. The molecule has 0 aliphatic rings. The largest absolute Gasteiger partial charge is 0.340 e. The minimum Gasteiger partial charge on any atom is -0.340 e. The summed E-state index contributed by atoms with van der Waals surface area (Å²) in [4.78, 5) is 11.4. The van der Waals surface area contributed by atoms with Crippen LogP contribution >= 0.6 is 0 Å². The summed E-state index contributed by atoms with van der Waals surface area (Å²) in [7, 11) is 0. The maximum Gasteiger partial charge on any atom is 0.232 e. The Kier molecular flexibility index (Phi) is 4.52. The predicted molar refractivity (Wildman–Crippen MR) is 95.6 cm³/mol. The van der Waals surface area contributed by atoms with Crippen LogP contribution in [0.2, 0.25) is 0 Å². The van der Waals surface area contributed by atoms with Crippen LogP contribution in [0, 0.1) is 6.92 Å². The van der Waals surface area contributed by atoms with Gasteiger partial charge in [0.15, 0.2) is 0 Å². The van der Waals surface area contributed by atoms with E-state index in [1.807, 2.05) is 61.5 Å². The quantitative estimate of drug-likeness (QED) is 0.742. The second-order valence-corrected chi connectivity index (χ2v) is 5.27. The van der Waals surface area contributed by atoms with E-state index in [1.54, 1.807) is 0 Å². The van der Waals surface area contributed by atoms with Crippen molar-refractivity contribution in [1.82, 2.24) is 9.97 Å². The van der Waals surface area contributed by atoms with Gasteiger partial charge in [-0.2, -0.15) is 4.98 Å². The van der Waals surface area contributed by atoms with E-state index in [2.05, 4.69) is 39.2 Å². The molecule has 4 nitrogen and oxygen atoms in total. The first-order valence-corrected chi connectivity index (χ1v) is 7.76. The van der Waals surface area contributed by atoms with Gasteiger partial charge in [-0.25, -0.2) is 4.98 Å². The Hall–Kier alpha value is -2.88. The molecular formula is C19H20N4. The average molecular weight is 304 g/mol. The molecule has 116 valence electrons. The SMILES string of the molecule is CCN(c1ccccc1)c1nc(C)cc(Nc2ccccc2)n1. The monoisotopic (exact) mass is 304 g/mol. The minimum absolute atomic E-state index is 0.706. The summed E-state index contributed by atoms with van der Waals surface area (Å²) < 4.78 is 0. The van der Waals surface area contributed by atoms with Crippen LogP contribution < -0.4 is 10.2 Å². The number of hydrogen-bond acceptors (Lipinski definition) is 4. The zero-order valence-electron chi connectivity index (χ0n) is 13.4. The maximum absolute atomic E-state index is 4.68. The zero-order valence-corrected chi connectivity index (χ0v) is 13.4. The first-order chi connectivity index (χ1) is 11.3. The molecule has 23 heavy (non-hydrogen) atoms. The summed E-state index contributed by atoms with van der Waals surface area (Å²) in [6.07, 6.45) is 0. The second kappa shape index (κ2) is 6.92. The van der Waals surface area contributed by atoms with E-state index in [0.29, 0.717) is 5.95 Å². The lowest BCUT2D eigenvalue weighted by molar-refractivity contribution is 0.936. The molecule has 0 radical (unpaired) electrons. The zero-order chi connectivity index (χ0) is 16.1. The highest BCUT2D eigenvalue weighted by atomic mass is 15.3. The molecule has 0 bridgehead atoms. The molecule has 0 aliphatic heterocycles. The molecule has 1 aromatic heterocycles. The Morgan fingerprint density at radius 3 is 2.22 bits per heavy atom. The van der Waals surface area contributed by atoms with Crippen molar-refractivity contribution < 1.29 is 0 Å². The summed E-state index contributed by atoms with van der Waals surface area (Å²) in [5.41, 5.74) is 3.04. The lowest BCUT2D eigenvalue weighted by Gasteiger charge is -2.22. The van der Waals surface area contributed by atoms with Crippen LogP contribution in [0.3, 0.4) is 0 Å². The van der Waals surface area contributed by atoms with E-state index in [-0.39, 0.29) is 0 Å². The summed E-state index contributed by atoms with van der Waals surface area (Å²) in [5.74, 6) is 1.50. The Balaban J connectivity index is 1.93. The van der Waals surface area contributed by atoms with Gasteiger partial charge < -0.3 is 10.2 Å². The van der Waals surface area contributed by atoms with Gasteiger partial charge in [-0.05, 0) is 38.1 Å². The molecule has 4 heteroatoms. The molecule has 3 aromatic rings. The lowest BCUT2D eigenvalue weighted by Crippen LogP contribution is -2.19. The molecule has 0 saturated carbocycles. The van der Waals surface area contributed by atoms with Gasteiger partial charge in [0.1, 0.15) is 5.82 Å². The third-order valence-electron chi connectivity index (χ3n) is 3.51. The number of anilines is 4. The van der Waals surface area contributed by atoms with Crippen molar-refractivity contribution >= 4 is 23.1 Å². The number of nitrogens with zero attached hydrogens (tertiary/aromatic N) is 3. The van der Waals surface area contributed by atoms with Gasteiger partial charge in [0, 0.05) is 29.7 Å². The van der Waals surface area contributed by atoms with Crippen molar-refractivity contribution in [2.45, 2.75) is 13.8 Å². The lowest BCUT2D eigenvalue weighted by atomic mass is 10.3. The van der Waals surface area contributed by atoms with Crippen molar-refractivity contribution in [3.8, 4) is 0 Å².